The number of hydrogen-bond donors (Lipinski definition) is 0. The second-order valence-electron chi connectivity index (χ2n) is 13.0. The van der Waals surface area contributed by atoms with Gasteiger partial charge >= 0.3 is 6.01 Å². The molecule has 244 valence electrons. The fourth-order valence-electron chi connectivity index (χ4n) is 7.06. The summed E-state index contributed by atoms with van der Waals surface area (Å²) in [7, 11) is 0. The number of carbonyl (C=O) groups excluding carboxylic acids is 1. The zero-order valence-electron chi connectivity index (χ0n) is 26.6. The maximum absolute atomic E-state index is 16.8. The van der Waals surface area contributed by atoms with E-state index in [1.165, 1.54) is 17.7 Å². The molecule has 0 spiro atoms. The molecule has 2 aromatic carbocycles. The molecule has 0 radical (unpaired) electrons. The number of pyridine rings is 1. The Labute approximate surface area is 278 Å². The van der Waals surface area contributed by atoms with E-state index in [0.717, 1.165) is 37.9 Å². The van der Waals surface area contributed by atoms with E-state index < -0.39 is 23.6 Å². The summed E-state index contributed by atoms with van der Waals surface area (Å²) < 4.78 is 37.0. The molecule has 48 heavy (non-hydrogen) atoms. The molecular formula is C37H35F2N7O2. The molecule has 7 rings (SSSR count). The minimum Gasteiger partial charge on any atom is -0.463 e. The number of nitrogens with zero attached hydrogens (tertiary/aromatic N) is 7. The van der Waals surface area contributed by atoms with Crippen molar-refractivity contribution in [2.45, 2.75) is 31.7 Å². The highest BCUT2D eigenvalue weighted by Crippen LogP contribution is 2.47. The summed E-state index contributed by atoms with van der Waals surface area (Å²) in [5.74, 6) is 0.525. The highest BCUT2D eigenvalue weighted by Gasteiger charge is 2.45. The molecule has 1 saturated carbocycles. The van der Waals surface area contributed by atoms with Crippen molar-refractivity contribution in [2.24, 2.45) is 5.41 Å². The van der Waals surface area contributed by atoms with Crippen LogP contribution >= 0.6 is 0 Å². The van der Waals surface area contributed by atoms with Crippen LogP contribution in [0, 0.1) is 30.1 Å². The van der Waals surface area contributed by atoms with Gasteiger partial charge in [-0.05, 0) is 50.2 Å². The molecule has 1 atom stereocenters. The van der Waals surface area contributed by atoms with Gasteiger partial charge in [0, 0.05) is 54.3 Å². The molecule has 0 N–H and O–H groups in total. The highest BCUT2D eigenvalue weighted by molar-refractivity contribution is 6.02. The van der Waals surface area contributed by atoms with Crippen molar-refractivity contribution >= 4 is 33.4 Å². The van der Waals surface area contributed by atoms with Gasteiger partial charge < -0.3 is 24.3 Å². The largest absolute Gasteiger partial charge is 0.463 e. The van der Waals surface area contributed by atoms with Gasteiger partial charge in [0.1, 0.15) is 23.1 Å². The minimum absolute atomic E-state index is 0.0147. The average Bonchev–Trinajstić information content (AvgIpc) is 3.67. The van der Waals surface area contributed by atoms with E-state index in [2.05, 4.69) is 32.2 Å². The Hall–Kier alpha value is -5.13. The first-order valence-corrected chi connectivity index (χ1v) is 16.2. The number of benzene rings is 2. The lowest BCUT2D eigenvalue weighted by Crippen LogP contribution is -2.56. The van der Waals surface area contributed by atoms with Crippen LogP contribution in [0.5, 0.6) is 6.01 Å². The summed E-state index contributed by atoms with van der Waals surface area (Å²) in [6, 6.07) is 10.6. The average molecular weight is 648 g/mol. The quantitative estimate of drug-likeness (QED) is 0.132. The first-order chi connectivity index (χ1) is 23.3. The molecule has 1 aliphatic carbocycles. The predicted octanol–water partition coefficient (Wildman–Crippen LogP) is 5.64. The highest BCUT2D eigenvalue weighted by atomic mass is 19.1. The Balaban J connectivity index is 1.30. The Morgan fingerprint density at radius 3 is 2.62 bits per heavy atom. The van der Waals surface area contributed by atoms with Gasteiger partial charge in [0.25, 0.3) is 5.91 Å². The molecular weight excluding hydrogens is 612 g/mol. The number of anilines is 1. The van der Waals surface area contributed by atoms with Crippen molar-refractivity contribution in [2.75, 3.05) is 57.3 Å². The lowest BCUT2D eigenvalue weighted by atomic mass is 9.97. The Morgan fingerprint density at radius 1 is 1.15 bits per heavy atom. The van der Waals surface area contributed by atoms with Crippen LogP contribution < -0.4 is 9.64 Å². The van der Waals surface area contributed by atoms with Crippen LogP contribution in [0.1, 0.15) is 31.2 Å². The number of likely N-dealkylation sites (tertiary alicyclic amines) is 1. The minimum atomic E-state index is -1.08. The molecule has 3 fully saturated rings. The van der Waals surface area contributed by atoms with E-state index in [9.17, 15) is 9.18 Å². The van der Waals surface area contributed by atoms with Crippen LogP contribution in [0.2, 0.25) is 0 Å². The Morgan fingerprint density at radius 2 is 1.92 bits per heavy atom. The normalized spacial score (nSPS) is 18.9. The molecule has 0 bridgehead atoms. The maximum Gasteiger partial charge on any atom is 0.319 e. The summed E-state index contributed by atoms with van der Waals surface area (Å²) in [6.45, 7) is 14.7. The third kappa shape index (κ3) is 5.91. The van der Waals surface area contributed by atoms with Crippen LogP contribution in [0.25, 0.3) is 37.8 Å². The monoisotopic (exact) mass is 647 g/mol. The lowest BCUT2D eigenvalue weighted by molar-refractivity contribution is -0.131. The van der Waals surface area contributed by atoms with E-state index in [0.29, 0.717) is 34.3 Å². The fourth-order valence-corrected chi connectivity index (χ4v) is 7.06. The third-order valence-electron chi connectivity index (χ3n) is 9.76. The van der Waals surface area contributed by atoms with Crippen LogP contribution in [0.3, 0.4) is 0 Å². The van der Waals surface area contributed by atoms with E-state index in [1.54, 1.807) is 12.3 Å². The molecule has 3 aliphatic rings. The van der Waals surface area contributed by atoms with Crippen molar-refractivity contribution < 1.29 is 18.3 Å². The summed E-state index contributed by atoms with van der Waals surface area (Å²) in [5, 5.41) is 1.93. The Bertz CT molecular complexity index is 2000. The molecule has 1 amide bonds. The van der Waals surface area contributed by atoms with Crippen molar-refractivity contribution in [1.82, 2.24) is 24.8 Å². The first kappa shape index (κ1) is 31.5. The topological polar surface area (TPSA) is 79.1 Å². The lowest BCUT2D eigenvalue weighted by Gasteiger charge is -2.39. The number of hydrogen-bond acceptors (Lipinski definition) is 7. The van der Waals surface area contributed by atoms with Gasteiger partial charge in [-0.2, -0.15) is 9.97 Å². The van der Waals surface area contributed by atoms with Crippen LogP contribution in [0.4, 0.5) is 14.6 Å². The number of terminal acetylenes is 1. The number of piperazine rings is 1. The number of carbonyl (C=O) groups is 1. The van der Waals surface area contributed by atoms with E-state index in [1.807, 2.05) is 35.2 Å². The number of rotatable bonds is 9. The molecule has 4 heterocycles. The van der Waals surface area contributed by atoms with Crippen LogP contribution in [0.15, 0.2) is 55.0 Å². The molecule has 2 aliphatic heterocycles. The number of amides is 1. The molecule has 9 nitrogen and oxygen atoms in total. The van der Waals surface area contributed by atoms with Gasteiger partial charge in [0.15, 0.2) is 11.6 Å². The SMILES string of the molecule is [C-]#[N+]C[C@H]1CN(c2nc(OCC3(CN4CCCC4)CC3)nc3c(F)c(-c4cccc5cccc(C#C)c45)ncc23)CCN1C(=O)C(=C)F. The van der Waals surface area contributed by atoms with Crippen molar-refractivity contribution in [1.29, 1.82) is 0 Å². The molecule has 11 heteroatoms. The zero-order valence-corrected chi connectivity index (χ0v) is 26.6. The second kappa shape index (κ2) is 12.8. The van der Waals surface area contributed by atoms with Gasteiger partial charge in [-0.3, -0.25) is 9.78 Å². The zero-order chi connectivity index (χ0) is 33.4. The van der Waals surface area contributed by atoms with Crippen LogP contribution in [-0.2, 0) is 4.79 Å². The summed E-state index contributed by atoms with van der Waals surface area (Å²) in [6.07, 6.45) is 11.9. The smallest absolute Gasteiger partial charge is 0.319 e. The predicted molar refractivity (Wildman–Crippen MR) is 180 cm³/mol. The number of fused-ring (bicyclic) bond motifs is 2. The summed E-state index contributed by atoms with van der Waals surface area (Å²) in [5.41, 5.74) is 1.32. The summed E-state index contributed by atoms with van der Waals surface area (Å²) in [4.78, 5) is 35.7. The molecule has 2 saturated heterocycles. The summed E-state index contributed by atoms with van der Waals surface area (Å²) >= 11 is 0. The third-order valence-corrected chi connectivity index (χ3v) is 9.76. The van der Waals surface area contributed by atoms with Gasteiger partial charge in [0.05, 0.1) is 12.0 Å². The van der Waals surface area contributed by atoms with E-state index >= 15 is 4.39 Å². The Kier molecular flexibility index (Phi) is 8.40. The maximum atomic E-state index is 16.8. The van der Waals surface area contributed by atoms with Gasteiger partial charge in [-0.15, -0.1) is 6.42 Å². The van der Waals surface area contributed by atoms with Crippen molar-refractivity contribution in [3.63, 3.8) is 0 Å². The second-order valence-corrected chi connectivity index (χ2v) is 13.0. The molecule has 4 aromatic rings. The van der Waals surface area contributed by atoms with Crippen LogP contribution in [-0.4, -0.2) is 89.1 Å². The van der Waals surface area contributed by atoms with E-state index in [4.69, 9.17) is 22.7 Å². The van der Waals surface area contributed by atoms with Gasteiger partial charge in [-0.1, -0.05) is 42.8 Å². The molecule has 0 unspecified atom stereocenters. The number of aromatic nitrogens is 3. The number of ether oxygens (including phenoxy) is 1. The fraction of sp³-hybridized carbons (Fsp3) is 0.378. The van der Waals surface area contributed by atoms with Gasteiger partial charge in [0.2, 0.25) is 6.54 Å². The van der Waals surface area contributed by atoms with Crippen molar-refractivity contribution in [3.8, 4) is 29.6 Å². The van der Waals surface area contributed by atoms with Gasteiger partial charge in [-0.25, -0.2) is 15.4 Å². The standard InChI is InChI=1S/C37H35F2N7O2/c1-4-25-9-7-10-26-11-8-12-28(30(25)26)32-31(39)33-29(20-41-32)34(45-17-18-46(35(47)24(2)38)27(21-45)19-40-3)43-36(42-33)48-23-37(13-14-37)22-44-15-5-6-16-44/h1,7-12,20,27H,2,5-6,13-19,21-23H2/t27-/m0/s1. The molecule has 2 aromatic heterocycles. The number of halogens is 2. The van der Waals surface area contributed by atoms with Crippen molar-refractivity contribution in [3.05, 3.63) is 77.8 Å². The van der Waals surface area contributed by atoms with E-state index in [-0.39, 0.29) is 48.8 Å². The first-order valence-electron chi connectivity index (χ1n) is 16.2.